The normalized spacial score (nSPS) is 32.5. The van der Waals surface area contributed by atoms with Gasteiger partial charge in [-0.3, -0.25) is 4.79 Å². The maximum Gasteiger partial charge on any atom is 0.239 e. The average molecular weight is 625 g/mol. The molecule has 2 aliphatic heterocycles. The minimum absolute atomic E-state index is 0.0303. The van der Waals surface area contributed by atoms with E-state index in [9.17, 15) is 50.8 Å². The van der Waals surface area contributed by atoms with Crippen LogP contribution in [0.2, 0.25) is 0 Å². The number of hydrogen-bond acceptors (Lipinski definition) is 16. The van der Waals surface area contributed by atoms with Crippen molar-refractivity contribution in [1.29, 1.82) is 0 Å². The van der Waals surface area contributed by atoms with E-state index in [1.165, 1.54) is 32.2 Å². The van der Waals surface area contributed by atoms with E-state index in [0.29, 0.717) is 0 Å². The lowest BCUT2D eigenvalue weighted by atomic mass is 9.98. The summed E-state index contributed by atoms with van der Waals surface area (Å²) in [6.45, 7) is 0.838. The second kappa shape index (κ2) is 12.4. The summed E-state index contributed by atoms with van der Waals surface area (Å²) in [6.07, 6.45) is -16.1. The molecular weight excluding hydrogens is 592 g/mol. The van der Waals surface area contributed by atoms with Gasteiger partial charge in [0.25, 0.3) is 0 Å². The van der Waals surface area contributed by atoms with Crippen LogP contribution in [0.1, 0.15) is 6.92 Å². The predicted octanol–water partition coefficient (Wildman–Crippen LogP) is -1.38. The molecule has 0 saturated carbocycles. The molecule has 1 aromatic heterocycles. The Morgan fingerprint density at radius 2 is 1.43 bits per heavy atom. The van der Waals surface area contributed by atoms with Crippen molar-refractivity contribution in [2.75, 3.05) is 13.7 Å². The third-order valence-electron chi connectivity index (χ3n) is 7.44. The molecule has 0 radical (unpaired) electrons. The number of phenols is 3. The summed E-state index contributed by atoms with van der Waals surface area (Å²) in [5, 5.41) is 92.2. The van der Waals surface area contributed by atoms with Crippen molar-refractivity contribution >= 4 is 11.0 Å². The van der Waals surface area contributed by atoms with Crippen LogP contribution in [0.15, 0.2) is 39.5 Å². The molecule has 5 rings (SSSR count). The Kier molecular flexibility index (Phi) is 8.90. The van der Waals surface area contributed by atoms with E-state index < -0.39 is 96.1 Å². The lowest BCUT2D eigenvalue weighted by Crippen LogP contribution is -2.61. The van der Waals surface area contributed by atoms with Crippen molar-refractivity contribution < 1.29 is 74.1 Å². The van der Waals surface area contributed by atoms with E-state index >= 15 is 0 Å². The van der Waals surface area contributed by atoms with Crippen LogP contribution in [-0.4, -0.2) is 121 Å². The molecule has 10 atom stereocenters. The molecule has 2 saturated heterocycles. The summed E-state index contributed by atoms with van der Waals surface area (Å²) < 4.78 is 33.2. The first-order valence-electron chi connectivity index (χ1n) is 13.4. The smallest absolute Gasteiger partial charge is 0.239 e. The van der Waals surface area contributed by atoms with Crippen molar-refractivity contribution in [2.24, 2.45) is 0 Å². The molecule has 3 heterocycles. The zero-order valence-corrected chi connectivity index (χ0v) is 23.3. The molecular formula is C28H32O16. The molecule has 2 aromatic carbocycles. The quantitative estimate of drug-likeness (QED) is 0.147. The van der Waals surface area contributed by atoms with Crippen LogP contribution in [0.4, 0.5) is 0 Å². The molecule has 0 unspecified atom stereocenters. The molecule has 0 spiro atoms. The fourth-order valence-electron chi connectivity index (χ4n) is 5.01. The second-order valence-corrected chi connectivity index (χ2v) is 10.5. The van der Waals surface area contributed by atoms with Crippen molar-refractivity contribution in [3.8, 4) is 40.1 Å². The van der Waals surface area contributed by atoms with Gasteiger partial charge < -0.3 is 74.1 Å². The number of fused-ring (bicyclic) bond motifs is 1. The zero-order valence-electron chi connectivity index (χ0n) is 23.3. The molecule has 16 heteroatoms. The standard InChI is InChI=1S/C28H32O16/c1-9-18(32)21(35)23(37)27(41-9)40-8-16-19(33)22(36)24(38)28(43-16)44-26-20(34)17-14(31)6-12(30)7-15(17)42-25(26)10-3-11(29)5-13(4-10)39-2/h3-7,9,16,18-19,21-24,27-33,35-38H,8H2,1-2H3/t9-,16-,18-,19+,21+,22-,23-,24+,27-,28+/m1/s1. The Bertz CT molecular complexity index is 1560. The summed E-state index contributed by atoms with van der Waals surface area (Å²) in [7, 11) is 1.32. The molecule has 0 aliphatic carbocycles. The fourth-order valence-corrected chi connectivity index (χ4v) is 5.01. The fraction of sp³-hybridized carbons (Fsp3) is 0.464. The minimum atomic E-state index is -1.95. The number of ether oxygens (including phenoxy) is 5. The summed E-state index contributed by atoms with van der Waals surface area (Å²) in [4.78, 5) is 13.7. The van der Waals surface area contributed by atoms with Gasteiger partial charge in [-0.1, -0.05) is 0 Å². The number of rotatable bonds is 7. The third kappa shape index (κ3) is 5.86. The molecule has 0 bridgehead atoms. The monoisotopic (exact) mass is 624 g/mol. The van der Waals surface area contributed by atoms with Crippen molar-refractivity contribution in [2.45, 2.75) is 68.3 Å². The molecule has 240 valence electrons. The Hall–Kier alpha value is -3.71. The highest BCUT2D eigenvalue weighted by atomic mass is 16.7. The number of aliphatic hydroxyl groups is 6. The van der Waals surface area contributed by atoms with Gasteiger partial charge in [-0.15, -0.1) is 0 Å². The van der Waals surface area contributed by atoms with E-state index in [2.05, 4.69) is 0 Å². The highest BCUT2D eigenvalue weighted by molar-refractivity contribution is 5.88. The van der Waals surface area contributed by atoms with Crippen LogP contribution in [0.3, 0.4) is 0 Å². The molecule has 44 heavy (non-hydrogen) atoms. The zero-order chi connectivity index (χ0) is 32.0. The highest BCUT2D eigenvalue weighted by Crippen LogP contribution is 2.39. The number of benzene rings is 2. The van der Waals surface area contributed by atoms with Gasteiger partial charge in [0.15, 0.2) is 12.1 Å². The van der Waals surface area contributed by atoms with E-state index in [0.717, 1.165) is 12.1 Å². The summed E-state index contributed by atoms with van der Waals surface area (Å²) in [6, 6.07) is 5.77. The molecule has 9 N–H and O–H groups in total. The van der Waals surface area contributed by atoms with Crippen LogP contribution in [-0.2, 0) is 14.2 Å². The van der Waals surface area contributed by atoms with Crippen LogP contribution in [0, 0.1) is 0 Å². The average Bonchev–Trinajstić information content (AvgIpc) is 2.98. The van der Waals surface area contributed by atoms with Gasteiger partial charge in [0.2, 0.25) is 17.5 Å². The second-order valence-electron chi connectivity index (χ2n) is 10.5. The first kappa shape index (κ1) is 31.7. The summed E-state index contributed by atoms with van der Waals surface area (Å²) in [5.41, 5.74) is -1.23. The predicted molar refractivity (Wildman–Crippen MR) is 145 cm³/mol. The van der Waals surface area contributed by atoms with Crippen molar-refractivity contribution in [1.82, 2.24) is 0 Å². The minimum Gasteiger partial charge on any atom is -0.508 e. The van der Waals surface area contributed by atoms with E-state index in [4.69, 9.17) is 28.1 Å². The van der Waals surface area contributed by atoms with E-state index in [-0.39, 0.29) is 28.4 Å². The summed E-state index contributed by atoms with van der Waals surface area (Å²) >= 11 is 0. The van der Waals surface area contributed by atoms with E-state index in [1.54, 1.807) is 0 Å². The van der Waals surface area contributed by atoms with Gasteiger partial charge in [0.1, 0.15) is 76.7 Å². The van der Waals surface area contributed by atoms with Crippen LogP contribution in [0.5, 0.6) is 28.7 Å². The SMILES string of the molecule is COc1cc(O)cc(-c2oc3cc(O)cc(O)c3c(=O)c2O[C@@H]2O[C@H](CO[C@@H]3O[C@H](C)[C@@H](O)[C@H](O)[C@H]3O)[C@H](O)[C@@H](O)[C@@H]2O)c1. The van der Waals surface area contributed by atoms with Crippen LogP contribution >= 0.6 is 0 Å². The largest absolute Gasteiger partial charge is 0.508 e. The number of aromatic hydroxyl groups is 3. The molecule has 2 fully saturated rings. The topological polar surface area (TPSA) is 258 Å². The molecule has 0 amide bonds. The van der Waals surface area contributed by atoms with Gasteiger partial charge in [-0.25, -0.2) is 0 Å². The lowest BCUT2D eigenvalue weighted by molar-refractivity contribution is -0.318. The molecule has 3 aromatic rings. The molecule has 16 nitrogen and oxygen atoms in total. The molecule has 2 aliphatic rings. The van der Waals surface area contributed by atoms with E-state index in [1.807, 2.05) is 0 Å². The van der Waals surface area contributed by atoms with Crippen molar-refractivity contribution in [3.05, 3.63) is 40.6 Å². The summed E-state index contributed by atoms with van der Waals surface area (Å²) in [5.74, 6) is -2.26. The number of phenolic OH excluding ortho intramolecular Hbond substituents is 3. The van der Waals surface area contributed by atoms with Gasteiger partial charge >= 0.3 is 0 Å². The van der Waals surface area contributed by atoms with Gasteiger partial charge in [0.05, 0.1) is 19.8 Å². The maximum absolute atomic E-state index is 13.7. The highest BCUT2D eigenvalue weighted by Gasteiger charge is 2.47. The Balaban J connectivity index is 1.49. The number of hydrogen-bond donors (Lipinski definition) is 9. The lowest BCUT2D eigenvalue weighted by Gasteiger charge is -2.42. The first-order valence-corrected chi connectivity index (χ1v) is 13.4. The van der Waals surface area contributed by atoms with Crippen molar-refractivity contribution in [3.63, 3.8) is 0 Å². The first-order chi connectivity index (χ1) is 20.8. The van der Waals surface area contributed by atoms with Crippen LogP contribution < -0.4 is 14.9 Å². The van der Waals surface area contributed by atoms with Gasteiger partial charge in [0, 0.05) is 23.8 Å². The Labute approximate surface area is 248 Å². The van der Waals surface area contributed by atoms with Gasteiger partial charge in [-0.2, -0.15) is 0 Å². The number of aliphatic hydroxyl groups excluding tert-OH is 6. The van der Waals surface area contributed by atoms with Gasteiger partial charge in [-0.05, 0) is 19.1 Å². The maximum atomic E-state index is 13.7. The Morgan fingerprint density at radius 3 is 2.14 bits per heavy atom. The number of methoxy groups -OCH3 is 1. The van der Waals surface area contributed by atoms with Crippen LogP contribution in [0.25, 0.3) is 22.3 Å². The third-order valence-corrected chi connectivity index (χ3v) is 7.44. The Morgan fingerprint density at radius 1 is 0.773 bits per heavy atom.